The Labute approximate surface area is 103 Å². The summed E-state index contributed by atoms with van der Waals surface area (Å²) in [6.07, 6.45) is 0. The molecule has 0 spiro atoms. The van der Waals surface area contributed by atoms with E-state index in [-0.39, 0.29) is 11.4 Å². The number of aryl methyl sites for hydroxylation is 1. The number of aromatic nitrogens is 1. The van der Waals surface area contributed by atoms with E-state index in [1.165, 1.54) is 6.07 Å². The van der Waals surface area contributed by atoms with Gasteiger partial charge >= 0.3 is 5.97 Å². The summed E-state index contributed by atoms with van der Waals surface area (Å²) in [6.45, 7) is 4.76. The number of carbonyl (C=O) groups excluding carboxylic acids is 2. The van der Waals surface area contributed by atoms with Crippen LogP contribution in [0.25, 0.3) is 0 Å². The number of rotatable bonds is 2. The number of carboxylic acids is 1. The van der Waals surface area contributed by atoms with Gasteiger partial charge in [0, 0.05) is 16.8 Å². The van der Waals surface area contributed by atoms with Gasteiger partial charge in [-0.25, -0.2) is 9.69 Å². The second-order valence-corrected chi connectivity index (χ2v) is 4.21. The molecule has 0 saturated heterocycles. The van der Waals surface area contributed by atoms with Crippen molar-refractivity contribution in [2.75, 3.05) is 4.90 Å². The second-order valence-electron chi connectivity index (χ2n) is 4.21. The molecule has 0 saturated carbocycles. The number of imide groups is 1. The van der Waals surface area contributed by atoms with E-state index in [0.29, 0.717) is 16.8 Å². The van der Waals surface area contributed by atoms with E-state index < -0.39 is 17.8 Å². The van der Waals surface area contributed by atoms with Crippen LogP contribution in [0.3, 0.4) is 0 Å². The van der Waals surface area contributed by atoms with Gasteiger partial charge in [-0.1, -0.05) is 0 Å². The van der Waals surface area contributed by atoms with E-state index in [1.807, 2.05) is 0 Å². The number of amides is 2. The minimum absolute atomic E-state index is 0.0891. The Hall–Kier alpha value is -2.37. The lowest BCUT2D eigenvalue weighted by Crippen LogP contribution is -2.32. The Morgan fingerprint density at radius 3 is 2.11 bits per heavy atom. The summed E-state index contributed by atoms with van der Waals surface area (Å²) >= 11 is 0. The maximum absolute atomic E-state index is 12.0. The van der Waals surface area contributed by atoms with Gasteiger partial charge in [-0.05, 0) is 26.8 Å². The minimum Gasteiger partial charge on any atom is -0.477 e. The van der Waals surface area contributed by atoms with Gasteiger partial charge in [-0.3, -0.25) is 9.59 Å². The summed E-state index contributed by atoms with van der Waals surface area (Å²) in [6, 6.07) is 1.48. The molecule has 0 aliphatic carbocycles. The van der Waals surface area contributed by atoms with Crippen LogP contribution in [0.5, 0.6) is 0 Å². The number of hydrogen-bond donors (Lipinski definition) is 2. The molecule has 1 aromatic heterocycles. The smallest absolute Gasteiger partial charge is 0.354 e. The molecule has 6 nitrogen and oxygen atoms in total. The topological polar surface area (TPSA) is 90.5 Å². The molecule has 2 amide bonds. The van der Waals surface area contributed by atoms with Gasteiger partial charge in [0.2, 0.25) is 0 Å². The second kappa shape index (κ2) is 3.83. The lowest BCUT2D eigenvalue weighted by Gasteiger charge is -2.13. The highest BCUT2D eigenvalue weighted by Gasteiger charge is 2.37. The van der Waals surface area contributed by atoms with Crippen molar-refractivity contribution >= 4 is 23.5 Å². The number of nitrogens with zero attached hydrogens (tertiary/aromatic N) is 1. The molecule has 18 heavy (non-hydrogen) atoms. The van der Waals surface area contributed by atoms with Crippen molar-refractivity contribution in [2.45, 2.75) is 20.8 Å². The largest absolute Gasteiger partial charge is 0.477 e. The first-order valence-electron chi connectivity index (χ1n) is 5.33. The maximum Gasteiger partial charge on any atom is 0.354 e. The molecule has 2 heterocycles. The number of aromatic carboxylic acids is 1. The van der Waals surface area contributed by atoms with Crippen molar-refractivity contribution in [1.29, 1.82) is 0 Å². The molecule has 0 bridgehead atoms. The third-order valence-electron chi connectivity index (χ3n) is 3.00. The van der Waals surface area contributed by atoms with Crippen LogP contribution >= 0.6 is 0 Å². The Morgan fingerprint density at radius 2 is 1.67 bits per heavy atom. The standard InChI is InChI=1S/C12H12N2O4/c1-5-4-8(9(13-5)12(17)18)14-10(15)6(2)7(3)11(14)16/h4,13H,1-3H3,(H,17,18). The SMILES string of the molecule is CC1=C(C)C(=O)N(c2cc(C)[nH]c2C(=O)O)C1=O. The van der Waals surface area contributed by atoms with Gasteiger partial charge in [0.25, 0.3) is 11.8 Å². The van der Waals surface area contributed by atoms with Crippen LogP contribution in [0.4, 0.5) is 5.69 Å². The van der Waals surface area contributed by atoms with E-state index in [9.17, 15) is 14.4 Å². The zero-order chi connectivity index (χ0) is 13.6. The molecule has 0 unspecified atom stereocenters. The van der Waals surface area contributed by atoms with Gasteiger partial charge in [0.15, 0.2) is 0 Å². The summed E-state index contributed by atoms with van der Waals surface area (Å²) in [5.41, 5.74) is 1.19. The third kappa shape index (κ3) is 1.54. The molecule has 0 atom stereocenters. The van der Waals surface area contributed by atoms with Crippen LogP contribution in [0.2, 0.25) is 0 Å². The van der Waals surface area contributed by atoms with Crippen molar-refractivity contribution in [3.63, 3.8) is 0 Å². The maximum atomic E-state index is 12.0. The van der Waals surface area contributed by atoms with Crippen LogP contribution in [0.15, 0.2) is 17.2 Å². The first-order valence-corrected chi connectivity index (χ1v) is 5.33. The van der Waals surface area contributed by atoms with E-state index in [1.54, 1.807) is 20.8 Å². The molecule has 0 fully saturated rings. The van der Waals surface area contributed by atoms with Crippen molar-refractivity contribution in [3.05, 3.63) is 28.6 Å². The van der Waals surface area contributed by atoms with E-state index in [2.05, 4.69) is 4.98 Å². The number of nitrogens with one attached hydrogen (secondary N) is 1. The Balaban J connectivity index is 2.56. The molecule has 1 aliphatic heterocycles. The summed E-state index contributed by atoms with van der Waals surface area (Å²) in [7, 11) is 0. The van der Waals surface area contributed by atoms with Crippen LogP contribution in [-0.2, 0) is 9.59 Å². The van der Waals surface area contributed by atoms with Crippen molar-refractivity contribution in [2.24, 2.45) is 0 Å². The Bertz CT molecular complexity index is 586. The van der Waals surface area contributed by atoms with Crippen molar-refractivity contribution < 1.29 is 19.5 Å². The third-order valence-corrected chi connectivity index (χ3v) is 3.00. The lowest BCUT2D eigenvalue weighted by molar-refractivity contribution is -0.120. The fraction of sp³-hybridized carbons (Fsp3) is 0.250. The number of hydrogen-bond acceptors (Lipinski definition) is 3. The Kier molecular flexibility index (Phi) is 2.58. The number of carboxylic acid groups (broad SMARTS) is 1. The van der Waals surface area contributed by atoms with Gasteiger partial charge in [0.05, 0.1) is 5.69 Å². The van der Waals surface area contributed by atoms with E-state index >= 15 is 0 Å². The van der Waals surface area contributed by atoms with Crippen LogP contribution in [0.1, 0.15) is 30.0 Å². The molecule has 2 N–H and O–H groups in total. The lowest BCUT2D eigenvalue weighted by atomic mass is 10.2. The molecule has 94 valence electrons. The predicted octanol–water partition coefficient (Wildman–Crippen LogP) is 1.23. The number of H-pyrrole nitrogens is 1. The zero-order valence-corrected chi connectivity index (χ0v) is 10.2. The number of anilines is 1. The van der Waals surface area contributed by atoms with E-state index in [4.69, 9.17) is 5.11 Å². The highest BCUT2D eigenvalue weighted by Crippen LogP contribution is 2.30. The molecule has 0 radical (unpaired) electrons. The summed E-state index contributed by atoms with van der Waals surface area (Å²) in [4.78, 5) is 38.5. The quantitative estimate of drug-likeness (QED) is 0.770. The molecule has 1 aromatic rings. The zero-order valence-electron chi connectivity index (χ0n) is 10.2. The highest BCUT2D eigenvalue weighted by atomic mass is 16.4. The molecule has 1 aliphatic rings. The summed E-state index contributed by atoms with van der Waals surface area (Å²) < 4.78 is 0. The molecule has 6 heteroatoms. The average molecular weight is 248 g/mol. The number of carbonyl (C=O) groups is 3. The normalized spacial score (nSPS) is 15.8. The molecule has 2 rings (SSSR count). The fourth-order valence-electron chi connectivity index (χ4n) is 1.88. The molecule has 0 aromatic carbocycles. The van der Waals surface area contributed by atoms with Gasteiger partial charge in [0.1, 0.15) is 5.69 Å². The monoisotopic (exact) mass is 248 g/mol. The van der Waals surface area contributed by atoms with Gasteiger partial charge in [-0.2, -0.15) is 0 Å². The van der Waals surface area contributed by atoms with Crippen molar-refractivity contribution in [1.82, 2.24) is 4.98 Å². The van der Waals surface area contributed by atoms with Crippen LogP contribution < -0.4 is 4.90 Å². The fourth-order valence-corrected chi connectivity index (χ4v) is 1.88. The summed E-state index contributed by atoms with van der Waals surface area (Å²) in [5, 5.41) is 9.05. The predicted molar refractivity (Wildman–Crippen MR) is 63.4 cm³/mol. The average Bonchev–Trinajstić information content (AvgIpc) is 2.76. The van der Waals surface area contributed by atoms with Crippen LogP contribution in [-0.4, -0.2) is 27.9 Å². The number of aromatic amines is 1. The van der Waals surface area contributed by atoms with Gasteiger partial charge < -0.3 is 10.1 Å². The van der Waals surface area contributed by atoms with Crippen LogP contribution in [0, 0.1) is 6.92 Å². The minimum atomic E-state index is -1.21. The first kappa shape index (κ1) is 12.1. The Morgan fingerprint density at radius 1 is 1.17 bits per heavy atom. The summed E-state index contributed by atoms with van der Waals surface area (Å²) in [5.74, 6) is -2.15. The molecular weight excluding hydrogens is 236 g/mol. The molecular formula is C12H12N2O4. The van der Waals surface area contributed by atoms with E-state index in [0.717, 1.165) is 4.90 Å². The first-order chi connectivity index (χ1) is 8.34. The van der Waals surface area contributed by atoms with Gasteiger partial charge in [-0.15, -0.1) is 0 Å². The van der Waals surface area contributed by atoms with Crippen molar-refractivity contribution in [3.8, 4) is 0 Å². The highest BCUT2D eigenvalue weighted by molar-refractivity contribution is 6.33.